The first-order valence-corrected chi connectivity index (χ1v) is 12.6. The summed E-state index contributed by atoms with van der Waals surface area (Å²) in [5.41, 5.74) is 4.66. The lowest BCUT2D eigenvalue weighted by Crippen LogP contribution is -2.40. The summed E-state index contributed by atoms with van der Waals surface area (Å²) in [6, 6.07) is 21.1. The van der Waals surface area contributed by atoms with Gasteiger partial charge in [-0.1, -0.05) is 62.4 Å². The third kappa shape index (κ3) is 5.48. The SMILES string of the molecule is Cc1ccccc1C(=O)N(CC(C)C)CC1CN(Cc2ccsc2)CC1c1ccccc1. The number of aryl methyl sites for hydroxylation is 1. The molecule has 1 fully saturated rings. The Bertz CT molecular complexity index is 999. The Labute approximate surface area is 196 Å². The fourth-order valence-corrected chi connectivity index (χ4v) is 5.60. The normalized spacial score (nSPS) is 18.9. The van der Waals surface area contributed by atoms with Gasteiger partial charge in [-0.3, -0.25) is 9.69 Å². The largest absolute Gasteiger partial charge is 0.338 e. The lowest BCUT2D eigenvalue weighted by Gasteiger charge is -2.30. The van der Waals surface area contributed by atoms with Crippen LogP contribution in [-0.2, 0) is 6.54 Å². The van der Waals surface area contributed by atoms with Crippen LogP contribution in [0.1, 0.15) is 46.8 Å². The lowest BCUT2D eigenvalue weighted by atomic mass is 9.88. The molecule has 1 aliphatic rings. The lowest BCUT2D eigenvalue weighted by molar-refractivity contribution is 0.0702. The van der Waals surface area contributed by atoms with Gasteiger partial charge in [-0.2, -0.15) is 11.3 Å². The minimum absolute atomic E-state index is 0.167. The Kier molecular flexibility index (Phi) is 7.44. The summed E-state index contributed by atoms with van der Waals surface area (Å²) in [7, 11) is 0. The van der Waals surface area contributed by atoms with E-state index in [1.807, 2.05) is 31.2 Å². The highest BCUT2D eigenvalue weighted by Gasteiger charge is 2.36. The molecule has 2 unspecified atom stereocenters. The molecular formula is C28H34N2OS. The van der Waals surface area contributed by atoms with Crippen molar-refractivity contribution in [2.45, 2.75) is 33.2 Å². The molecule has 168 valence electrons. The molecule has 3 aromatic rings. The molecule has 0 saturated carbocycles. The van der Waals surface area contributed by atoms with Crippen molar-refractivity contribution in [2.75, 3.05) is 26.2 Å². The summed E-state index contributed by atoms with van der Waals surface area (Å²) in [5.74, 6) is 1.46. The molecule has 1 aromatic heterocycles. The van der Waals surface area contributed by atoms with Crippen LogP contribution in [0.5, 0.6) is 0 Å². The Balaban J connectivity index is 1.57. The Morgan fingerprint density at radius 1 is 1.06 bits per heavy atom. The van der Waals surface area contributed by atoms with E-state index < -0.39 is 0 Å². The van der Waals surface area contributed by atoms with Crippen molar-refractivity contribution in [3.8, 4) is 0 Å². The number of rotatable bonds is 8. The smallest absolute Gasteiger partial charge is 0.254 e. The van der Waals surface area contributed by atoms with Crippen LogP contribution < -0.4 is 0 Å². The van der Waals surface area contributed by atoms with E-state index in [2.05, 4.69) is 70.8 Å². The molecule has 32 heavy (non-hydrogen) atoms. The molecule has 0 radical (unpaired) electrons. The maximum atomic E-state index is 13.6. The van der Waals surface area contributed by atoms with Crippen LogP contribution in [0.2, 0.25) is 0 Å². The van der Waals surface area contributed by atoms with E-state index in [9.17, 15) is 4.79 Å². The second-order valence-electron chi connectivity index (χ2n) is 9.52. The van der Waals surface area contributed by atoms with Gasteiger partial charge in [0.05, 0.1) is 0 Å². The number of hydrogen-bond donors (Lipinski definition) is 0. The van der Waals surface area contributed by atoms with Gasteiger partial charge in [0.1, 0.15) is 0 Å². The van der Waals surface area contributed by atoms with Crippen molar-refractivity contribution in [3.63, 3.8) is 0 Å². The fraction of sp³-hybridized carbons (Fsp3) is 0.393. The second kappa shape index (κ2) is 10.5. The molecule has 4 rings (SSSR count). The highest BCUT2D eigenvalue weighted by Crippen LogP contribution is 2.34. The summed E-state index contributed by atoms with van der Waals surface area (Å²) in [5, 5.41) is 4.40. The zero-order valence-electron chi connectivity index (χ0n) is 19.4. The Morgan fingerprint density at radius 2 is 1.81 bits per heavy atom. The minimum atomic E-state index is 0.167. The standard InChI is InChI=1S/C28H34N2OS/c1-21(2)15-30(28(31)26-12-8-7-9-22(26)3)18-25-17-29(16-23-13-14-32-20-23)19-27(25)24-10-5-4-6-11-24/h4-14,20-21,25,27H,15-19H2,1-3H3. The van der Waals surface area contributed by atoms with Crippen LogP contribution in [0.4, 0.5) is 0 Å². The van der Waals surface area contributed by atoms with Crippen LogP contribution >= 0.6 is 11.3 Å². The van der Waals surface area contributed by atoms with Gasteiger partial charge in [0.2, 0.25) is 0 Å². The van der Waals surface area contributed by atoms with Crippen molar-refractivity contribution in [1.29, 1.82) is 0 Å². The van der Waals surface area contributed by atoms with Gasteiger partial charge < -0.3 is 4.90 Å². The fourth-order valence-electron chi connectivity index (χ4n) is 4.94. The maximum absolute atomic E-state index is 13.6. The number of benzene rings is 2. The Hall–Kier alpha value is -2.43. The van der Waals surface area contributed by atoms with Crippen LogP contribution in [0.25, 0.3) is 0 Å². The van der Waals surface area contributed by atoms with E-state index in [1.165, 1.54) is 11.1 Å². The van der Waals surface area contributed by atoms with Gasteiger partial charge in [0.15, 0.2) is 0 Å². The average molecular weight is 447 g/mol. The number of carbonyl (C=O) groups is 1. The molecule has 0 spiro atoms. The molecule has 1 aliphatic heterocycles. The predicted octanol–water partition coefficient (Wildman–Crippen LogP) is 6.07. The van der Waals surface area contributed by atoms with E-state index in [0.29, 0.717) is 17.8 Å². The number of hydrogen-bond acceptors (Lipinski definition) is 3. The summed E-state index contributed by atoms with van der Waals surface area (Å²) < 4.78 is 0. The van der Waals surface area contributed by atoms with Gasteiger partial charge >= 0.3 is 0 Å². The monoisotopic (exact) mass is 446 g/mol. The molecule has 0 N–H and O–H groups in total. The average Bonchev–Trinajstić information content (AvgIpc) is 3.44. The van der Waals surface area contributed by atoms with Crippen LogP contribution in [0.3, 0.4) is 0 Å². The number of thiophene rings is 1. The second-order valence-corrected chi connectivity index (χ2v) is 10.3. The molecule has 1 saturated heterocycles. The third-order valence-corrected chi connectivity index (χ3v) is 7.17. The van der Waals surface area contributed by atoms with Gasteiger partial charge in [0.25, 0.3) is 5.91 Å². The first kappa shape index (κ1) is 22.8. The van der Waals surface area contributed by atoms with Gasteiger partial charge in [-0.15, -0.1) is 0 Å². The van der Waals surface area contributed by atoms with Crippen molar-refractivity contribution in [2.24, 2.45) is 11.8 Å². The number of carbonyl (C=O) groups excluding carboxylic acids is 1. The topological polar surface area (TPSA) is 23.6 Å². The van der Waals surface area contributed by atoms with E-state index in [-0.39, 0.29) is 5.91 Å². The van der Waals surface area contributed by atoms with Gasteiger partial charge in [-0.25, -0.2) is 0 Å². The zero-order valence-corrected chi connectivity index (χ0v) is 20.2. The van der Waals surface area contributed by atoms with Crippen molar-refractivity contribution < 1.29 is 4.79 Å². The molecular weight excluding hydrogens is 412 g/mol. The number of amides is 1. The summed E-state index contributed by atoms with van der Waals surface area (Å²) in [6.45, 7) is 11.1. The maximum Gasteiger partial charge on any atom is 0.254 e. The van der Waals surface area contributed by atoms with Crippen molar-refractivity contribution in [1.82, 2.24) is 9.80 Å². The van der Waals surface area contributed by atoms with Crippen LogP contribution in [-0.4, -0.2) is 41.9 Å². The summed E-state index contributed by atoms with van der Waals surface area (Å²) >= 11 is 1.76. The molecule has 4 heteroatoms. The quantitative estimate of drug-likeness (QED) is 0.419. The highest BCUT2D eigenvalue weighted by molar-refractivity contribution is 7.07. The van der Waals surface area contributed by atoms with E-state index in [1.54, 1.807) is 11.3 Å². The molecule has 2 aromatic carbocycles. The molecule has 2 atom stereocenters. The first-order chi connectivity index (χ1) is 15.5. The molecule has 0 bridgehead atoms. The van der Waals surface area contributed by atoms with E-state index >= 15 is 0 Å². The number of likely N-dealkylation sites (tertiary alicyclic amines) is 1. The first-order valence-electron chi connectivity index (χ1n) is 11.6. The predicted molar refractivity (Wildman–Crippen MR) is 134 cm³/mol. The van der Waals surface area contributed by atoms with Crippen molar-refractivity contribution >= 4 is 17.2 Å². The minimum Gasteiger partial charge on any atom is -0.338 e. The zero-order chi connectivity index (χ0) is 22.5. The number of nitrogens with zero attached hydrogens (tertiary/aromatic N) is 2. The van der Waals surface area contributed by atoms with E-state index in [0.717, 1.165) is 43.9 Å². The molecule has 0 aliphatic carbocycles. The molecule has 2 heterocycles. The summed E-state index contributed by atoms with van der Waals surface area (Å²) in [6.07, 6.45) is 0. The van der Waals surface area contributed by atoms with Gasteiger partial charge in [0, 0.05) is 44.2 Å². The summed E-state index contributed by atoms with van der Waals surface area (Å²) in [4.78, 5) is 18.3. The molecule has 3 nitrogen and oxygen atoms in total. The molecule has 1 amide bonds. The van der Waals surface area contributed by atoms with Crippen LogP contribution in [0.15, 0.2) is 71.4 Å². The Morgan fingerprint density at radius 3 is 2.50 bits per heavy atom. The van der Waals surface area contributed by atoms with Gasteiger partial charge in [-0.05, 0) is 58.3 Å². The van der Waals surface area contributed by atoms with Crippen molar-refractivity contribution in [3.05, 3.63) is 93.7 Å². The van der Waals surface area contributed by atoms with Crippen LogP contribution in [0, 0.1) is 18.8 Å². The highest BCUT2D eigenvalue weighted by atomic mass is 32.1. The van der Waals surface area contributed by atoms with E-state index in [4.69, 9.17) is 0 Å². The third-order valence-electron chi connectivity index (χ3n) is 6.43.